The fourth-order valence-electron chi connectivity index (χ4n) is 1.14. The molecule has 6 heteroatoms. The quantitative estimate of drug-likeness (QED) is 0.548. The lowest BCUT2D eigenvalue weighted by Crippen LogP contribution is -2.63. The van der Waals surface area contributed by atoms with E-state index in [1.807, 2.05) is 0 Å². The van der Waals surface area contributed by atoms with Gasteiger partial charge in [0, 0.05) is 0 Å². The minimum Gasteiger partial charge on any atom is -0.455 e. The summed E-state index contributed by atoms with van der Waals surface area (Å²) >= 11 is 0. The minimum absolute atomic E-state index is 0.424. The number of ether oxygens (including phenoxy) is 1. The molecule has 2 unspecified atom stereocenters. The molecule has 1 aliphatic carbocycles. The van der Waals surface area contributed by atoms with Gasteiger partial charge in [-0.3, -0.25) is 4.79 Å². The monoisotopic (exact) mass is 228 g/mol. The van der Waals surface area contributed by atoms with E-state index in [0.717, 1.165) is 0 Å². The minimum atomic E-state index is -4.23. The Morgan fingerprint density at radius 2 is 2.00 bits per heavy atom. The van der Waals surface area contributed by atoms with Crippen molar-refractivity contribution in [2.24, 2.45) is 5.92 Å². The second kappa shape index (κ2) is 3.64. The summed E-state index contributed by atoms with van der Waals surface area (Å²) in [5.74, 6) is -9.67. The zero-order valence-corrected chi connectivity index (χ0v) is 8.40. The highest BCUT2D eigenvalue weighted by atomic mass is 19.3. The first kappa shape index (κ1) is 12.3. The van der Waals surface area contributed by atoms with E-state index in [0.29, 0.717) is 6.42 Å². The van der Waals surface area contributed by atoms with Gasteiger partial charge in [-0.25, -0.2) is 0 Å². The molecule has 0 N–H and O–H groups in total. The third-order valence-corrected chi connectivity index (χ3v) is 2.61. The van der Waals surface area contributed by atoms with Crippen LogP contribution in [0.2, 0.25) is 0 Å². The van der Waals surface area contributed by atoms with Crippen molar-refractivity contribution in [2.45, 2.75) is 44.6 Å². The Kier molecular flexibility index (Phi) is 2.98. The highest BCUT2D eigenvalue weighted by molar-refractivity contribution is 5.72. The van der Waals surface area contributed by atoms with Gasteiger partial charge >= 0.3 is 17.8 Å². The van der Waals surface area contributed by atoms with Crippen molar-refractivity contribution in [3.8, 4) is 0 Å². The van der Waals surface area contributed by atoms with E-state index in [2.05, 4.69) is 4.74 Å². The second-order valence-electron chi connectivity index (χ2n) is 3.77. The van der Waals surface area contributed by atoms with Crippen LogP contribution in [0.1, 0.15) is 26.7 Å². The number of halogens is 4. The van der Waals surface area contributed by atoms with Gasteiger partial charge in [-0.15, -0.1) is 0 Å². The summed E-state index contributed by atoms with van der Waals surface area (Å²) in [6.45, 7) is 3.18. The summed E-state index contributed by atoms with van der Waals surface area (Å²) in [5.41, 5.74) is 0. The number of hydrogen-bond acceptors (Lipinski definition) is 2. The van der Waals surface area contributed by atoms with E-state index in [1.165, 1.54) is 6.92 Å². The number of carbonyl (C=O) groups is 1. The number of rotatable bonds is 3. The maximum absolute atomic E-state index is 12.7. The van der Waals surface area contributed by atoms with Gasteiger partial charge in [0.1, 0.15) is 0 Å². The molecule has 1 saturated carbocycles. The Hall–Kier alpha value is -0.810. The Balaban J connectivity index is 2.54. The first-order valence-electron chi connectivity index (χ1n) is 4.68. The maximum Gasteiger partial charge on any atom is 0.346 e. The van der Waals surface area contributed by atoms with E-state index in [9.17, 15) is 22.4 Å². The number of alkyl halides is 4. The average molecular weight is 228 g/mol. The van der Waals surface area contributed by atoms with E-state index < -0.39 is 36.3 Å². The highest BCUT2D eigenvalue weighted by Gasteiger charge is 2.74. The van der Waals surface area contributed by atoms with Gasteiger partial charge in [0.25, 0.3) is 0 Å². The van der Waals surface area contributed by atoms with Gasteiger partial charge < -0.3 is 4.74 Å². The van der Waals surface area contributed by atoms with Crippen molar-refractivity contribution in [1.82, 2.24) is 0 Å². The zero-order valence-electron chi connectivity index (χ0n) is 8.40. The van der Waals surface area contributed by atoms with Crippen molar-refractivity contribution in [1.29, 1.82) is 0 Å². The molecule has 0 aromatic rings. The van der Waals surface area contributed by atoms with Gasteiger partial charge in [-0.2, -0.15) is 17.6 Å². The normalized spacial score (nSPS) is 29.1. The molecule has 2 nitrogen and oxygen atoms in total. The van der Waals surface area contributed by atoms with E-state index in [4.69, 9.17) is 0 Å². The molecule has 1 aliphatic rings. The third kappa shape index (κ3) is 1.94. The van der Waals surface area contributed by atoms with Crippen LogP contribution in [0.4, 0.5) is 17.6 Å². The van der Waals surface area contributed by atoms with Crippen molar-refractivity contribution in [2.75, 3.05) is 0 Å². The first-order valence-corrected chi connectivity index (χ1v) is 4.68. The molecule has 0 aromatic carbocycles. The number of hydrogen-bond donors (Lipinski definition) is 0. The van der Waals surface area contributed by atoms with Gasteiger partial charge in [-0.05, 0) is 6.42 Å². The fraction of sp³-hybridized carbons (Fsp3) is 0.889. The summed E-state index contributed by atoms with van der Waals surface area (Å²) in [4.78, 5) is 11.1. The zero-order chi connectivity index (χ0) is 11.9. The lowest BCUT2D eigenvalue weighted by molar-refractivity contribution is -0.334. The van der Waals surface area contributed by atoms with Crippen LogP contribution in [-0.2, 0) is 9.53 Å². The van der Waals surface area contributed by atoms with E-state index >= 15 is 0 Å². The predicted octanol–water partition coefficient (Wildman–Crippen LogP) is 2.62. The molecule has 0 bridgehead atoms. The molecule has 2 atom stereocenters. The topological polar surface area (TPSA) is 26.3 Å². The Morgan fingerprint density at radius 3 is 2.33 bits per heavy atom. The van der Waals surface area contributed by atoms with Gasteiger partial charge in [0.05, 0.1) is 12.3 Å². The molecular formula is C9H12F4O2. The lowest BCUT2D eigenvalue weighted by Gasteiger charge is -2.42. The SMILES string of the molecule is CCC(C)C(=O)OC1CC(F)(F)C1(F)F. The van der Waals surface area contributed by atoms with Crippen molar-refractivity contribution < 1.29 is 27.1 Å². The van der Waals surface area contributed by atoms with Crippen LogP contribution in [0.15, 0.2) is 0 Å². The standard InChI is InChI=1S/C9H12F4O2/c1-3-5(2)7(14)15-6-4-8(10,11)9(6,12)13/h5-6H,3-4H2,1-2H3. The molecule has 88 valence electrons. The summed E-state index contributed by atoms with van der Waals surface area (Å²) < 4.78 is 54.4. The average Bonchev–Trinajstić information content (AvgIpc) is 2.15. The predicted molar refractivity (Wildman–Crippen MR) is 43.8 cm³/mol. The number of carbonyl (C=O) groups excluding carboxylic acids is 1. The van der Waals surface area contributed by atoms with Crippen molar-refractivity contribution in [3.05, 3.63) is 0 Å². The fourth-order valence-corrected chi connectivity index (χ4v) is 1.14. The highest BCUT2D eigenvalue weighted by Crippen LogP contribution is 2.52. The van der Waals surface area contributed by atoms with E-state index in [-0.39, 0.29) is 0 Å². The van der Waals surface area contributed by atoms with Crippen LogP contribution in [-0.4, -0.2) is 23.9 Å². The summed E-state index contributed by atoms with van der Waals surface area (Å²) in [6.07, 6.45) is -2.65. The molecule has 0 saturated heterocycles. The maximum atomic E-state index is 12.7. The Morgan fingerprint density at radius 1 is 1.47 bits per heavy atom. The molecule has 0 radical (unpaired) electrons. The summed E-state index contributed by atoms with van der Waals surface area (Å²) in [5, 5.41) is 0. The summed E-state index contributed by atoms with van der Waals surface area (Å²) in [6, 6.07) is 0. The van der Waals surface area contributed by atoms with Crippen LogP contribution in [0.5, 0.6) is 0 Å². The largest absolute Gasteiger partial charge is 0.455 e. The molecule has 0 aromatic heterocycles. The van der Waals surface area contributed by atoms with Gasteiger partial charge in [0.2, 0.25) is 0 Å². The molecule has 1 rings (SSSR count). The van der Waals surface area contributed by atoms with E-state index in [1.54, 1.807) is 6.92 Å². The number of esters is 1. The molecule has 15 heavy (non-hydrogen) atoms. The molecule has 0 amide bonds. The van der Waals surface area contributed by atoms with Crippen LogP contribution in [0, 0.1) is 5.92 Å². The Labute approximate surface area is 84.6 Å². The van der Waals surface area contributed by atoms with Crippen LogP contribution in [0.25, 0.3) is 0 Å². The van der Waals surface area contributed by atoms with Gasteiger partial charge in [0.15, 0.2) is 6.10 Å². The van der Waals surface area contributed by atoms with Crippen molar-refractivity contribution >= 4 is 5.97 Å². The van der Waals surface area contributed by atoms with Crippen molar-refractivity contribution in [3.63, 3.8) is 0 Å². The molecule has 0 aliphatic heterocycles. The van der Waals surface area contributed by atoms with Crippen LogP contribution < -0.4 is 0 Å². The first-order chi connectivity index (χ1) is 6.72. The third-order valence-electron chi connectivity index (χ3n) is 2.61. The van der Waals surface area contributed by atoms with Crippen LogP contribution in [0.3, 0.4) is 0 Å². The second-order valence-corrected chi connectivity index (χ2v) is 3.77. The smallest absolute Gasteiger partial charge is 0.346 e. The van der Waals surface area contributed by atoms with Crippen LogP contribution >= 0.6 is 0 Å². The Bertz CT molecular complexity index is 265. The molecule has 0 spiro atoms. The summed E-state index contributed by atoms with van der Waals surface area (Å²) in [7, 11) is 0. The van der Waals surface area contributed by atoms with Gasteiger partial charge in [-0.1, -0.05) is 13.8 Å². The lowest BCUT2D eigenvalue weighted by atomic mass is 9.85. The molecular weight excluding hydrogens is 216 g/mol. The molecule has 0 heterocycles. The molecule has 1 fully saturated rings.